The summed E-state index contributed by atoms with van der Waals surface area (Å²) in [4.78, 5) is 13.7. The summed E-state index contributed by atoms with van der Waals surface area (Å²) in [6, 6.07) is 14.2. The van der Waals surface area contributed by atoms with E-state index in [1.165, 1.54) is 5.39 Å². The molecule has 1 amide bonds. The average Bonchev–Trinajstić information content (AvgIpc) is 2.43. The van der Waals surface area contributed by atoms with E-state index < -0.39 is 0 Å². The highest BCUT2D eigenvalue weighted by Gasteiger charge is 2.16. The van der Waals surface area contributed by atoms with Crippen LogP contribution in [-0.2, 0) is 4.79 Å². The van der Waals surface area contributed by atoms with Crippen molar-refractivity contribution >= 4 is 34.0 Å². The van der Waals surface area contributed by atoms with Crippen LogP contribution >= 0.6 is 11.6 Å². The normalized spacial score (nSPS) is 10.9. The van der Waals surface area contributed by atoms with E-state index in [0.29, 0.717) is 12.5 Å². The highest BCUT2D eigenvalue weighted by atomic mass is 35.5. The molecule has 0 aromatic heterocycles. The summed E-state index contributed by atoms with van der Waals surface area (Å²) in [5.41, 5.74) is 0.915. The Labute approximate surface area is 119 Å². The smallest absolute Gasteiger partial charge is 0.241 e. The maximum absolute atomic E-state index is 12.0. The summed E-state index contributed by atoms with van der Waals surface area (Å²) in [5, 5.41) is 2.31. The molecule has 2 aromatic rings. The van der Waals surface area contributed by atoms with Gasteiger partial charge in [0.25, 0.3) is 0 Å². The van der Waals surface area contributed by atoms with Gasteiger partial charge >= 0.3 is 0 Å². The third-order valence-corrected chi connectivity index (χ3v) is 3.24. The van der Waals surface area contributed by atoms with E-state index in [0.717, 1.165) is 11.1 Å². The third kappa shape index (κ3) is 3.27. The molecule has 0 saturated carbocycles. The average molecular weight is 276 g/mol. The van der Waals surface area contributed by atoms with Crippen molar-refractivity contribution in [3.05, 3.63) is 42.5 Å². The Bertz CT molecular complexity index is 580. The monoisotopic (exact) mass is 275 g/mol. The maximum atomic E-state index is 12.0. The van der Waals surface area contributed by atoms with Crippen molar-refractivity contribution in [2.75, 3.05) is 17.3 Å². The standard InChI is InChI=1S/C16H18ClNO/c1-12(2)11-18(16(19)10-17)15-8-7-13-5-3-4-6-14(13)9-15/h3-9,12H,10-11H2,1-2H3. The van der Waals surface area contributed by atoms with Gasteiger partial charge in [-0.15, -0.1) is 11.6 Å². The van der Waals surface area contributed by atoms with Crippen LogP contribution in [0, 0.1) is 5.92 Å². The van der Waals surface area contributed by atoms with E-state index in [4.69, 9.17) is 11.6 Å². The predicted octanol–water partition coefficient (Wildman–Crippen LogP) is 4.07. The molecule has 19 heavy (non-hydrogen) atoms. The first-order chi connectivity index (χ1) is 9.11. The minimum atomic E-state index is -0.0503. The van der Waals surface area contributed by atoms with Crippen LogP contribution in [0.3, 0.4) is 0 Å². The Balaban J connectivity index is 2.40. The number of amides is 1. The second kappa shape index (κ2) is 6.07. The minimum Gasteiger partial charge on any atom is -0.311 e. The number of rotatable bonds is 4. The first-order valence-electron chi connectivity index (χ1n) is 6.47. The van der Waals surface area contributed by atoms with Crippen molar-refractivity contribution in [2.45, 2.75) is 13.8 Å². The molecule has 0 aliphatic rings. The number of hydrogen-bond acceptors (Lipinski definition) is 1. The number of halogens is 1. The third-order valence-electron chi connectivity index (χ3n) is 3.01. The zero-order valence-electron chi connectivity index (χ0n) is 11.3. The van der Waals surface area contributed by atoms with Gasteiger partial charge < -0.3 is 4.90 Å². The number of benzene rings is 2. The van der Waals surface area contributed by atoms with Gasteiger partial charge in [-0.2, -0.15) is 0 Å². The van der Waals surface area contributed by atoms with Gasteiger partial charge in [-0.3, -0.25) is 4.79 Å². The summed E-state index contributed by atoms with van der Waals surface area (Å²) in [7, 11) is 0. The topological polar surface area (TPSA) is 20.3 Å². The Morgan fingerprint density at radius 1 is 1.16 bits per heavy atom. The van der Waals surface area contributed by atoms with Crippen LogP contribution in [0.1, 0.15) is 13.8 Å². The number of alkyl halides is 1. The summed E-state index contributed by atoms with van der Waals surface area (Å²) < 4.78 is 0. The number of anilines is 1. The van der Waals surface area contributed by atoms with Gasteiger partial charge in [-0.1, -0.05) is 44.2 Å². The molecule has 0 spiro atoms. The van der Waals surface area contributed by atoms with E-state index >= 15 is 0 Å². The molecule has 0 saturated heterocycles. The zero-order chi connectivity index (χ0) is 13.8. The number of carbonyl (C=O) groups is 1. The van der Waals surface area contributed by atoms with Gasteiger partial charge in [-0.05, 0) is 28.8 Å². The van der Waals surface area contributed by atoms with Gasteiger partial charge in [0, 0.05) is 12.2 Å². The van der Waals surface area contributed by atoms with Crippen LogP contribution in [0.15, 0.2) is 42.5 Å². The summed E-state index contributed by atoms with van der Waals surface area (Å²) in [5.74, 6) is 0.365. The van der Waals surface area contributed by atoms with Crippen LogP contribution in [0.2, 0.25) is 0 Å². The molecule has 3 heteroatoms. The molecule has 2 rings (SSSR count). The molecule has 0 unspecified atom stereocenters. The largest absolute Gasteiger partial charge is 0.311 e. The molecule has 0 N–H and O–H groups in total. The van der Waals surface area contributed by atoms with Crippen molar-refractivity contribution < 1.29 is 4.79 Å². The first kappa shape index (κ1) is 13.9. The molecule has 0 radical (unpaired) electrons. The van der Waals surface area contributed by atoms with Gasteiger partial charge in [0.15, 0.2) is 0 Å². The molecule has 0 heterocycles. The van der Waals surface area contributed by atoms with Gasteiger partial charge in [0.05, 0.1) is 0 Å². The van der Waals surface area contributed by atoms with Crippen molar-refractivity contribution in [1.82, 2.24) is 0 Å². The lowest BCUT2D eigenvalue weighted by atomic mass is 10.1. The highest BCUT2D eigenvalue weighted by molar-refractivity contribution is 6.29. The summed E-state index contributed by atoms with van der Waals surface area (Å²) in [6.45, 7) is 4.87. The fourth-order valence-electron chi connectivity index (χ4n) is 2.13. The second-order valence-corrected chi connectivity index (χ2v) is 5.33. The van der Waals surface area contributed by atoms with Crippen LogP contribution in [0.25, 0.3) is 10.8 Å². The van der Waals surface area contributed by atoms with E-state index in [9.17, 15) is 4.79 Å². The van der Waals surface area contributed by atoms with Gasteiger partial charge in [0.2, 0.25) is 5.91 Å². The maximum Gasteiger partial charge on any atom is 0.241 e. The SMILES string of the molecule is CC(C)CN(C(=O)CCl)c1ccc2ccccc2c1. The van der Waals surface area contributed by atoms with Crippen molar-refractivity contribution in [1.29, 1.82) is 0 Å². The molecule has 0 bridgehead atoms. The van der Waals surface area contributed by atoms with E-state index in [1.54, 1.807) is 4.90 Å². The number of nitrogens with zero attached hydrogens (tertiary/aromatic N) is 1. The Kier molecular flexibility index (Phi) is 4.43. The molecule has 100 valence electrons. The van der Waals surface area contributed by atoms with Gasteiger partial charge in [-0.25, -0.2) is 0 Å². The predicted molar refractivity (Wildman–Crippen MR) is 81.9 cm³/mol. The van der Waals surface area contributed by atoms with E-state index in [1.807, 2.05) is 30.3 Å². The number of carbonyl (C=O) groups excluding carboxylic acids is 1. The second-order valence-electron chi connectivity index (χ2n) is 5.06. The fourth-order valence-corrected chi connectivity index (χ4v) is 2.28. The molecule has 0 fully saturated rings. The molecular formula is C16H18ClNO. The summed E-state index contributed by atoms with van der Waals surface area (Å²) >= 11 is 5.71. The van der Waals surface area contributed by atoms with Gasteiger partial charge in [0.1, 0.15) is 5.88 Å². The minimum absolute atomic E-state index is 0.0134. The van der Waals surface area contributed by atoms with Crippen LogP contribution in [0.5, 0.6) is 0 Å². The Morgan fingerprint density at radius 2 is 1.84 bits per heavy atom. The Morgan fingerprint density at radius 3 is 2.47 bits per heavy atom. The molecule has 0 atom stereocenters. The van der Waals surface area contributed by atoms with Crippen LogP contribution in [0.4, 0.5) is 5.69 Å². The molecule has 0 aliphatic carbocycles. The van der Waals surface area contributed by atoms with Crippen molar-refractivity contribution in [3.8, 4) is 0 Å². The summed E-state index contributed by atoms with van der Waals surface area (Å²) in [6.07, 6.45) is 0. The molecule has 2 aromatic carbocycles. The van der Waals surface area contributed by atoms with E-state index in [-0.39, 0.29) is 11.8 Å². The Hall–Kier alpha value is -1.54. The molecule has 0 aliphatic heterocycles. The van der Waals surface area contributed by atoms with Crippen LogP contribution < -0.4 is 4.90 Å². The lowest BCUT2D eigenvalue weighted by Gasteiger charge is -2.24. The fraction of sp³-hybridized carbons (Fsp3) is 0.312. The van der Waals surface area contributed by atoms with E-state index in [2.05, 4.69) is 26.0 Å². The molecule has 2 nitrogen and oxygen atoms in total. The molecular weight excluding hydrogens is 258 g/mol. The van der Waals surface area contributed by atoms with Crippen LogP contribution in [-0.4, -0.2) is 18.3 Å². The lowest BCUT2D eigenvalue weighted by Crippen LogP contribution is -2.35. The lowest BCUT2D eigenvalue weighted by molar-refractivity contribution is -0.116. The van der Waals surface area contributed by atoms with Crippen molar-refractivity contribution in [2.24, 2.45) is 5.92 Å². The quantitative estimate of drug-likeness (QED) is 0.771. The van der Waals surface area contributed by atoms with Crippen molar-refractivity contribution in [3.63, 3.8) is 0 Å². The number of hydrogen-bond donors (Lipinski definition) is 0. The number of fused-ring (bicyclic) bond motifs is 1. The highest BCUT2D eigenvalue weighted by Crippen LogP contribution is 2.23. The first-order valence-corrected chi connectivity index (χ1v) is 7.00. The zero-order valence-corrected chi connectivity index (χ0v) is 12.0.